The van der Waals surface area contributed by atoms with Gasteiger partial charge in [-0.2, -0.15) is 0 Å². The molecule has 0 spiro atoms. The summed E-state index contributed by atoms with van der Waals surface area (Å²) in [6.07, 6.45) is 1.84. The first kappa shape index (κ1) is 13.6. The van der Waals surface area contributed by atoms with Gasteiger partial charge in [-0.3, -0.25) is 4.79 Å². The van der Waals surface area contributed by atoms with Gasteiger partial charge in [0.2, 0.25) is 5.91 Å². The molecule has 1 fully saturated rings. The quantitative estimate of drug-likeness (QED) is 0.345. The number of benzene rings is 1. The normalized spacial score (nSPS) is 17.7. The van der Waals surface area contributed by atoms with Crippen molar-refractivity contribution in [3.63, 3.8) is 0 Å². The van der Waals surface area contributed by atoms with Crippen LogP contribution in [0.15, 0.2) is 23.4 Å². The molecule has 0 radical (unpaired) electrons. The summed E-state index contributed by atoms with van der Waals surface area (Å²) in [6, 6.07) is 3.67. The van der Waals surface area contributed by atoms with Gasteiger partial charge in [0.05, 0.1) is 10.7 Å². The summed E-state index contributed by atoms with van der Waals surface area (Å²) in [5.41, 5.74) is 4.88. The molecule has 5 nitrogen and oxygen atoms in total. The van der Waals surface area contributed by atoms with Gasteiger partial charge in [0, 0.05) is 0 Å². The Morgan fingerprint density at radius 3 is 2.68 bits per heavy atom. The van der Waals surface area contributed by atoms with Crippen LogP contribution in [0.5, 0.6) is 0 Å². The highest BCUT2D eigenvalue weighted by molar-refractivity contribution is 6.34. The molecule has 0 aliphatic heterocycles. The zero-order valence-corrected chi connectivity index (χ0v) is 10.7. The summed E-state index contributed by atoms with van der Waals surface area (Å²) in [4.78, 5) is 12.2. The van der Waals surface area contributed by atoms with Crippen molar-refractivity contribution >= 4 is 29.0 Å². The largest absolute Gasteiger partial charge is 0.409 e. The van der Waals surface area contributed by atoms with Gasteiger partial charge in [-0.1, -0.05) is 23.2 Å². The zero-order chi connectivity index (χ0) is 14.0. The average molecular weight is 286 g/mol. The first-order chi connectivity index (χ1) is 8.99. The number of amidine groups is 1. The van der Waals surface area contributed by atoms with E-state index in [2.05, 4.69) is 10.5 Å². The van der Waals surface area contributed by atoms with Crippen molar-refractivity contribution in [1.82, 2.24) is 0 Å². The van der Waals surface area contributed by atoms with Crippen LogP contribution in [0.1, 0.15) is 19.3 Å². The van der Waals surface area contributed by atoms with E-state index in [1.165, 1.54) is 12.1 Å². The van der Waals surface area contributed by atoms with E-state index < -0.39 is 17.1 Å². The fraction of sp³-hybridized carbons (Fsp3) is 0.333. The molecular weight excluding hydrogens is 273 g/mol. The molecule has 102 valence electrons. The van der Waals surface area contributed by atoms with Crippen molar-refractivity contribution in [2.24, 2.45) is 16.3 Å². The molecule has 19 heavy (non-hydrogen) atoms. The number of nitrogens with zero attached hydrogens (tertiary/aromatic N) is 1. The molecule has 0 heterocycles. The molecule has 1 aromatic rings. The molecule has 1 aliphatic rings. The van der Waals surface area contributed by atoms with Crippen LogP contribution in [0.4, 0.5) is 10.1 Å². The number of hydrogen-bond donors (Lipinski definition) is 3. The standard InChI is InChI=1S/C12H13ClFN3O2/c13-8-6-7(14)2-3-9(8)16-11(18)12(4-1-5-12)10(15)17-19/h2-3,6,19H,1,4-5H2,(H2,15,17)(H,16,18). The van der Waals surface area contributed by atoms with Crippen LogP contribution >= 0.6 is 11.6 Å². The van der Waals surface area contributed by atoms with Gasteiger partial charge in [0.15, 0.2) is 5.84 Å². The monoisotopic (exact) mass is 285 g/mol. The lowest BCUT2D eigenvalue weighted by molar-refractivity contribution is -0.125. The maximum absolute atomic E-state index is 12.9. The molecule has 0 bridgehead atoms. The second kappa shape index (κ2) is 5.05. The SMILES string of the molecule is N/C(=N/O)C1(C(=O)Nc2ccc(F)cc2Cl)CCC1. The molecule has 1 saturated carbocycles. The van der Waals surface area contributed by atoms with Crippen molar-refractivity contribution in [2.75, 3.05) is 5.32 Å². The number of anilines is 1. The molecule has 0 saturated heterocycles. The number of rotatable bonds is 3. The number of amides is 1. The highest BCUT2D eigenvalue weighted by Gasteiger charge is 2.48. The van der Waals surface area contributed by atoms with E-state index in [0.717, 1.165) is 12.5 Å². The van der Waals surface area contributed by atoms with Crippen LogP contribution in [-0.4, -0.2) is 17.0 Å². The Hall–Kier alpha value is -1.82. The Kier molecular flexibility index (Phi) is 3.61. The van der Waals surface area contributed by atoms with Gasteiger partial charge in [-0.05, 0) is 31.0 Å². The van der Waals surface area contributed by atoms with Crippen molar-refractivity contribution < 1.29 is 14.4 Å². The second-order valence-corrected chi connectivity index (χ2v) is 4.91. The van der Waals surface area contributed by atoms with Crippen LogP contribution in [0, 0.1) is 11.2 Å². The van der Waals surface area contributed by atoms with Crippen LogP contribution in [0.25, 0.3) is 0 Å². The third kappa shape index (κ3) is 2.35. The molecule has 1 amide bonds. The lowest BCUT2D eigenvalue weighted by atomic mass is 9.67. The number of carbonyl (C=O) groups is 1. The number of carbonyl (C=O) groups excluding carboxylic acids is 1. The summed E-state index contributed by atoms with van der Waals surface area (Å²) in [5.74, 6) is -1.00. The van der Waals surface area contributed by atoms with Gasteiger partial charge in [-0.15, -0.1) is 0 Å². The predicted molar refractivity (Wildman–Crippen MR) is 69.7 cm³/mol. The van der Waals surface area contributed by atoms with E-state index in [-0.39, 0.29) is 10.9 Å². The summed E-state index contributed by atoms with van der Waals surface area (Å²) >= 11 is 5.83. The highest BCUT2D eigenvalue weighted by Crippen LogP contribution is 2.42. The lowest BCUT2D eigenvalue weighted by Gasteiger charge is -2.38. The molecule has 2 rings (SSSR count). The number of nitrogens with two attached hydrogens (primary N) is 1. The van der Waals surface area contributed by atoms with Crippen LogP contribution in [0.2, 0.25) is 5.02 Å². The van der Waals surface area contributed by atoms with E-state index in [1.54, 1.807) is 0 Å². The summed E-state index contributed by atoms with van der Waals surface area (Å²) in [7, 11) is 0. The minimum atomic E-state index is -0.994. The Morgan fingerprint density at radius 2 is 2.21 bits per heavy atom. The molecule has 1 aromatic carbocycles. The van der Waals surface area contributed by atoms with Crippen molar-refractivity contribution in [3.05, 3.63) is 29.0 Å². The van der Waals surface area contributed by atoms with Gasteiger partial charge in [0.1, 0.15) is 11.2 Å². The third-order valence-electron chi connectivity index (χ3n) is 3.42. The molecule has 1 aliphatic carbocycles. The van der Waals surface area contributed by atoms with Gasteiger partial charge in [-0.25, -0.2) is 4.39 Å². The summed E-state index contributed by atoms with van der Waals surface area (Å²) in [5, 5.41) is 14.4. The number of hydrogen-bond acceptors (Lipinski definition) is 3. The van der Waals surface area contributed by atoms with Crippen molar-refractivity contribution in [1.29, 1.82) is 0 Å². The van der Waals surface area contributed by atoms with E-state index in [0.29, 0.717) is 18.5 Å². The van der Waals surface area contributed by atoms with Crippen LogP contribution in [-0.2, 0) is 4.79 Å². The minimum Gasteiger partial charge on any atom is -0.409 e. The topological polar surface area (TPSA) is 87.7 Å². The van der Waals surface area contributed by atoms with Crippen LogP contribution < -0.4 is 11.1 Å². The van der Waals surface area contributed by atoms with E-state index >= 15 is 0 Å². The fourth-order valence-corrected chi connectivity index (χ4v) is 2.27. The lowest BCUT2D eigenvalue weighted by Crippen LogP contribution is -2.51. The minimum absolute atomic E-state index is 0.0994. The third-order valence-corrected chi connectivity index (χ3v) is 3.73. The fourth-order valence-electron chi connectivity index (χ4n) is 2.06. The molecule has 4 N–H and O–H groups in total. The predicted octanol–water partition coefficient (Wildman–Crippen LogP) is 2.33. The van der Waals surface area contributed by atoms with E-state index in [1.807, 2.05) is 0 Å². The smallest absolute Gasteiger partial charge is 0.238 e. The zero-order valence-electron chi connectivity index (χ0n) is 9.99. The van der Waals surface area contributed by atoms with E-state index in [4.69, 9.17) is 22.5 Å². The van der Waals surface area contributed by atoms with Crippen molar-refractivity contribution in [2.45, 2.75) is 19.3 Å². The van der Waals surface area contributed by atoms with Crippen molar-refractivity contribution in [3.8, 4) is 0 Å². The molecule has 0 aromatic heterocycles. The van der Waals surface area contributed by atoms with Gasteiger partial charge < -0.3 is 16.3 Å². The summed E-state index contributed by atoms with van der Waals surface area (Å²) in [6.45, 7) is 0. The van der Waals surface area contributed by atoms with E-state index in [9.17, 15) is 9.18 Å². The Morgan fingerprint density at radius 1 is 1.53 bits per heavy atom. The number of oxime groups is 1. The van der Waals surface area contributed by atoms with Crippen LogP contribution in [0.3, 0.4) is 0 Å². The van der Waals surface area contributed by atoms with Gasteiger partial charge >= 0.3 is 0 Å². The molecule has 0 unspecified atom stereocenters. The Balaban J connectivity index is 2.21. The molecule has 0 atom stereocenters. The first-order valence-corrected chi connectivity index (χ1v) is 6.12. The summed E-state index contributed by atoms with van der Waals surface area (Å²) < 4.78 is 12.9. The maximum atomic E-state index is 12.9. The Labute approximate surface area is 114 Å². The average Bonchev–Trinajstić information content (AvgIpc) is 2.31. The number of nitrogens with one attached hydrogen (secondary N) is 1. The second-order valence-electron chi connectivity index (χ2n) is 4.50. The molecule has 7 heteroatoms. The molecular formula is C12H13ClFN3O2. The first-order valence-electron chi connectivity index (χ1n) is 5.74. The van der Waals surface area contributed by atoms with Gasteiger partial charge in [0.25, 0.3) is 0 Å². The number of halogens is 2. The maximum Gasteiger partial charge on any atom is 0.238 e. The highest BCUT2D eigenvalue weighted by atomic mass is 35.5. The Bertz CT molecular complexity index is 544.